The molecule has 166 valence electrons. The number of anilines is 1. The number of ether oxygens (including phenoxy) is 1. The van der Waals surface area contributed by atoms with Crippen LogP contribution >= 0.6 is 34.5 Å². The Hall–Kier alpha value is -2.52. The molecule has 2 aromatic heterocycles. The van der Waals surface area contributed by atoms with Gasteiger partial charge in [-0.05, 0) is 30.7 Å². The van der Waals surface area contributed by atoms with Crippen molar-refractivity contribution in [3.63, 3.8) is 0 Å². The van der Waals surface area contributed by atoms with Gasteiger partial charge in [0.2, 0.25) is 0 Å². The van der Waals surface area contributed by atoms with E-state index in [2.05, 4.69) is 4.98 Å². The lowest BCUT2D eigenvalue weighted by Gasteiger charge is -2.25. The summed E-state index contributed by atoms with van der Waals surface area (Å²) in [5.41, 5.74) is 2.89. The highest BCUT2D eigenvalue weighted by atomic mass is 35.5. The summed E-state index contributed by atoms with van der Waals surface area (Å²) in [6.45, 7) is 2.02. The van der Waals surface area contributed by atoms with E-state index < -0.39 is 10.0 Å². The maximum absolute atomic E-state index is 13.6. The molecule has 4 rings (SSSR count). The number of nitrogens with zero attached hydrogens (tertiary/aromatic N) is 3. The zero-order valence-electron chi connectivity index (χ0n) is 17.2. The molecule has 0 bridgehead atoms. The topological polar surface area (TPSA) is 64.4 Å². The number of hydrogen-bond donors (Lipinski definition) is 0. The fourth-order valence-electron chi connectivity index (χ4n) is 3.21. The highest BCUT2D eigenvalue weighted by molar-refractivity contribution is 7.94. The van der Waals surface area contributed by atoms with Gasteiger partial charge in [-0.15, -0.1) is 11.3 Å². The first kappa shape index (κ1) is 22.7. The Morgan fingerprint density at radius 1 is 1.12 bits per heavy atom. The Bertz CT molecular complexity index is 1330. The lowest BCUT2D eigenvalue weighted by atomic mass is 10.2. The molecule has 0 amide bonds. The third-order valence-corrected chi connectivity index (χ3v) is 8.87. The molecule has 0 aliphatic heterocycles. The van der Waals surface area contributed by atoms with Gasteiger partial charge in [0.25, 0.3) is 10.0 Å². The fourth-order valence-corrected chi connectivity index (χ4v) is 6.65. The number of rotatable bonds is 7. The maximum atomic E-state index is 13.6. The molecule has 0 aliphatic carbocycles. The summed E-state index contributed by atoms with van der Waals surface area (Å²) in [4.78, 5) is 4.25. The summed E-state index contributed by atoms with van der Waals surface area (Å²) >= 11 is 13.0. The number of sulfonamides is 1. The van der Waals surface area contributed by atoms with Gasteiger partial charge in [0, 0.05) is 12.3 Å². The van der Waals surface area contributed by atoms with E-state index in [1.54, 1.807) is 31.6 Å². The van der Waals surface area contributed by atoms with E-state index >= 15 is 0 Å². The van der Waals surface area contributed by atoms with Crippen molar-refractivity contribution in [2.45, 2.75) is 17.7 Å². The number of hydrogen-bond acceptors (Lipinski definition) is 5. The zero-order chi connectivity index (χ0) is 22.9. The largest absolute Gasteiger partial charge is 0.494 e. The molecule has 0 saturated heterocycles. The summed E-state index contributed by atoms with van der Waals surface area (Å²) in [6, 6.07) is 16.0. The van der Waals surface area contributed by atoms with Crippen LogP contribution in [-0.4, -0.2) is 25.1 Å². The van der Waals surface area contributed by atoms with Gasteiger partial charge in [-0.1, -0.05) is 53.5 Å². The van der Waals surface area contributed by atoms with E-state index in [4.69, 9.17) is 27.9 Å². The first-order valence-electron chi connectivity index (χ1n) is 9.50. The van der Waals surface area contributed by atoms with E-state index in [-0.39, 0.29) is 20.1 Å². The van der Waals surface area contributed by atoms with Crippen molar-refractivity contribution in [1.82, 2.24) is 9.55 Å². The predicted octanol–water partition coefficient (Wildman–Crippen LogP) is 5.95. The molecule has 0 aliphatic rings. The Labute approximate surface area is 200 Å². The molecule has 32 heavy (non-hydrogen) atoms. The number of imidazole rings is 1. The second-order valence-electron chi connectivity index (χ2n) is 6.96. The SMILES string of the molecule is COc1cc(N(Cc2ccccc2)S(=O)(=O)c2cc(Cl)c(Cl)s2)ccc1-n1cnc(C)c1. The van der Waals surface area contributed by atoms with Crippen LogP contribution in [0.3, 0.4) is 0 Å². The van der Waals surface area contributed by atoms with Crippen LogP contribution in [0.5, 0.6) is 5.75 Å². The van der Waals surface area contributed by atoms with Crippen molar-refractivity contribution in [2.75, 3.05) is 11.4 Å². The van der Waals surface area contributed by atoms with Crippen molar-refractivity contribution >= 4 is 50.2 Å². The Morgan fingerprint density at radius 3 is 2.47 bits per heavy atom. The van der Waals surface area contributed by atoms with Crippen molar-refractivity contribution < 1.29 is 13.2 Å². The third-order valence-electron chi connectivity index (χ3n) is 4.78. The second-order valence-corrected chi connectivity index (χ2v) is 11.1. The van der Waals surface area contributed by atoms with Crippen molar-refractivity contribution in [3.05, 3.63) is 87.7 Å². The van der Waals surface area contributed by atoms with Crippen molar-refractivity contribution in [2.24, 2.45) is 0 Å². The van der Waals surface area contributed by atoms with Crippen LogP contribution in [0.1, 0.15) is 11.3 Å². The smallest absolute Gasteiger partial charge is 0.274 e. The van der Waals surface area contributed by atoms with E-state index in [9.17, 15) is 8.42 Å². The molecule has 0 fully saturated rings. The highest BCUT2D eigenvalue weighted by Gasteiger charge is 2.29. The average Bonchev–Trinajstić information content (AvgIpc) is 3.37. The summed E-state index contributed by atoms with van der Waals surface area (Å²) in [6.07, 6.45) is 3.55. The first-order chi connectivity index (χ1) is 15.3. The summed E-state index contributed by atoms with van der Waals surface area (Å²) in [5.74, 6) is 0.510. The van der Waals surface area contributed by atoms with E-state index in [0.29, 0.717) is 11.4 Å². The first-order valence-corrected chi connectivity index (χ1v) is 12.5. The number of halogens is 2. The van der Waals surface area contributed by atoms with Crippen LogP contribution in [0.2, 0.25) is 9.36 Å². The molecule has 0 radical (unpaired) electrons. The van der Waals surface area contributed by atoms with Gasteiger partial charge in [-0.25, -0.2) is 13.4 Å². The van der Waals surface area contributed by atoms with Crippen LogP contribution in [0, 0.1) is 6.92 Å². The van der Waals surface area contributed by atoms with Crippen LogP contribution in [0.25, 0.3) is 5.69 Å². The van der Waals surface area contributed by atoms with Crippen molar-refractivity contribution in [3.8, 4) is 11.4 Å². The van der Waals surface area contributed by atoms with Crippen LogP contribution in [-0.2, 0) is 16.6 Å². The molecule has 10 heteroatoms. The van der Waals surface area contributed by atoms with E-state index in [1.165, 1.54) is 10.4 Å². The molecule has 6 nitrogen and oxygen atoms in total. The zero-order valence-corrected chi connectivity index (χ0v) is 20.3. The average molecular weight is 508 g/mol. The Kier molecular flexibility index (Phi) is 6.48. The Balaban J connectivity index is 1.82. The number of aromatic nitrogens is 2. The molecule has 0 spiro atoms. The molecule has 2 heterocycles. The third kappa shape index (κ3) is 4.49. The van der Waals surface area contributed by atoms with Gasteiger partial charge in [-0.3, -0.25) is 4.31 Å². The van der Waals surface area contributed by atoms with Gasteiger partial charge in [-0.2, -0.15) is 0 Å². The standard InChI is InChI=1S/C22H19Cl2N3O3S2/c1-15-12-26(14-25-15)19-9-8-17(10-20(19)30-2)27(13-16-6-4-3-5-7-16)32(28,29)21-11-18(23)22(24)31-21/h3-12,14H,13H2,1-2H3. The fraction of sp³-hybridized carbons (Fsp3) is 0.136. The molecule has 2 aromatic carbocycles. The van der Waals surface area contributed by atoms with Crippen LogP contribution in [0.15, 0.2) is 71.3 Å². The minimum absolute atomic E-state index is 0.0664. The number of methoxy groups -OCH3 is 1. The minimum atomic E-state index is -3.94. The quantitative estimate of drug-likeness (QED) is 0.309. The molecular formula is C22H19Cl2N3O3S2. The van der Waals surface area contributed by atoms with Gasteiger partial charge in [0.1, 0.15) is 14.3 Å². The maximum Gasteiger partial charge on any atom is 0.274 e. The molecule has 0 atom stereocenters. The number of aryl methyl sites for hydroxylation is 1. The van der Waals surface area contributed by atoms with E-state index in [0.717, 1.165) is 28.3 Å². The summed E-state index contributed by atoms with van der Waals surface area (Å²) < 4.78 is 36.3. The summed E-state index contributed by atoms with van der Waals surface area (Å²) in [5, 5.41) is 0.207. The van der Waals surface area contributed by atoms with E-state index in [1.807, 2.05) is 48.0 Å². The van der Waals surface area contributed by atoms with Gasteiger partial charge >= 0.3 is 0 Å². The van der Waals surface area contributed by atoms with Crippen LogP contribution < -0.4 is 9.04 Å². The van der Waals surface area contributed by atoms with Gasteiger partial charge < -0.3 is 9.30 Å². The molecule has 0 N–H and O–H groups in total. The normalized spacial score (nSPS) is 11.5. The van der Waals surface area contributed by atoms with Gasteiger partial charge in [0.05, 0.1) is 42.1 Å². The lowest BCUT2D eigenvalue weighted by molar-refractivity contribution is 0.413. The lowest BCUT2D eigenvalue weighted by Crippen LogP contribution is -2.30. The monoisotopic (exact) mass is 507 g/mol. The van der Waals surface area contributed by atoms with Crippen LogP contribution in [0.4, 0.5) is 5.69 Å². The highest BCUT2D eigenvalue weighted by Crippen LogP contribution is 2.38. The molecule has 0 saturated carbocycles. The second kappa shape index (κ2) is 9.15. The molecule has 0 unspecified atom stereocenters. The minimum Gasteiger partial charge on any atom is -0.494 e. The van der Waals surface area contributed by atoms with Gasteiger partial charge in [0.15, 0.2) is 0 Å². The summed E-state index contributed by atoms with van der Waals surface area (Å²) in [7, 11) is -2.40. The molecular weight excluding hydrogens is 489 g/mol. The number of thiophene rings is 1. The predicted molar refractivity (Wildman–Crippen MR) is 129 cm³/mol. The van der Waals surface area contributed by atoms with Crippen molar-refractivity contribution in [1.29, 1.82) is 0 Å². The molecule has 4 aromatic rings. The number of benzene rings is 2. The Morgan fingerprint density at radius 2 is 1.88 bits per heavy atom.